The molecular formula is C51H35N3O2. The van der Waals surface area contributed by atoms with E-state index in [1.54, 1.807) is 0 Å². The lowest BCUT2D eigenvalue weighted by molar-refractivity contribution is 0.353. The van der Waals surface area contributed by atoms with Crippen LogP contribution in [-0.2, 0) is 5.41 Å². The van der Waals surface area contributed by atoms with E-state index in [2.05, 4.69) is 91.0 Å². The van der Waals surface area contributed by atoms with Gasteiger partial charge in [-0.2, -0.15) is 0 Å². The first kappa shape index (κ1) is 31.5. The summed E-state index contributed by atoms with van der Waals surface area (Å²) < 4.78 is 12.7. The fourth-order valence-corrected chi connectivity index (χ4v) is 9.97. The van der Waals surface area contributed by atoms with Crippen molar-refractivity contribution >= 4 is 43.9 Å². The van der Waals surface area contributed by atoms with Crippen molar-refractivity contribution in [3.05, 3.63) is 163 Å². The molecule has 5 nitrogen and oxygen atoms in total. The number of rotatable bonds is 4. The Morgan fingerprint density at radius 3 is 1.59 bits per heavy atom. The molecule has 2 aliphatic rings. The van der Waals surface area contributed by atoms with Gasteiger partial charge in [-0.05, 0) is 76.6 Å². The maximum absolute atomic E-state index is 6.33. The van der Waals surface area contributed by atoms with Gasteiger partial charge in [0.05, 0.1) is 0 Å². The second kappa shape index (κ2) is 12.1. The highest BCUT2D eigenvalue weighted by Crippen LogP contribution is 2.58. The number of fused-ring (bicyclic) bond motifs is 11. The maximum atomic E-state index is 6.33. The minimum atomic E-state index is 0.0301. The lowest BCUT2D eigenvalue weighted by Gasteiger charge is -2.37. The second-order valence-corrected chi connectivity index (χ2v) is 15.4. The zero-order valence-electron chi connectivity index (χ0n) is 30.6. The van der Waals surface area contributed by atoms with Gasteiger partial charge in [-0.1, -0.05) is 141 Å². The van der Waals surface area contributed by atoms with E-state index >= 15 is 0 Å². The number of nitrogens with zero attached hydrogens (tertiary/aromatic N) is 3. The third-order valence-corrected chi connectivity index (χ3v) is 12.3. The second-order valence-electron chi connectivity index (χ2n) is 15.4. The van der Waals surface area contributed by atoms with Gasteiger partial charge in [0.2, 0.25) is 0 Å². The highest BCUT2D eigenvalue weighted by molar-refractivity contribution is 6.13. The number of furan rings is 2. The van der Waals surface area contributed by atoms with Gasteiger partial charge in [0.25, 0.3) is 0 Å². The maximum Gasteiger partial charge on any atom is 0.164 e. The van der Waals surface area contributed by atoms with Crippen LogP contribution in [0.3, 0.4) is 0 Å². The van der Waals surface area contributed by atoms with Gasteiger partial charge in [0, 0.05) is 43.7 Å². The van der Waals surface area contributed by atoms with Crippen LogP contribution in [0, 0.1) is 0 Å². The SMILES string of the molecule is c1cc(-c2nc(-c3cccc4oc5ccccc5c34)nc(-c3cccc4oc5ccccc5c34)n2)cc(-c2cccc3c2C2(CCCCC2)c2ccccc2-3)c1. The van der Waals surface area contributed by atoms with Gasteiger partial charge >= 0.3 is 0 Å². The van der Waals surface area contributed by atoms with E-state index in [0.717, 1.165) is 60.6 Å². The van der Waals surface area contributed by atoms with E-state index in [1.165, 1.54) is 65.5 Å². The number of hydrogen-bond donors (Lipinski definition) is 0. The predicted octanol–water partition coefficient (Wildman–Crippen LogP) is 13.6. The third kappa shape index (κ3) is 4.58. The van der Waals surface area contributed by atoms with Crippen molar-refractivity contribution < 1.29 is 8.83 Å². The van der Waals surface area contributed by atoms with E-state index in [9.17, 15) is 0 Å². The predicted molar refractivity (Wildman–Crippen MR) is 225 cm³/mol. The van der Waals surface area contributed by atoms with Crippen LogP contribution in [0.4, 0.5) is 0 Å². The van der Waals surface area contributed by atoms with E-state index < -0.39 is 0 Å². The Labute approximate surface area is 323 Å². The summed E-state index contributed by atoms with van der Waals surface area (Å²) in [6.45, 7) is 0. The van der Waals surface area contributed by atoms with Gasteiger partial charge in [-0.3, -0.25) is 0 Å². The molecular weight excluding hydrogens is 687 g/mol. The minimum absolute atomic E-state index is 0.0301. The topological polar surface area (TPSA) is 65.0 Å². The molecule has 1 saturated carbocycles. The molecule has 0 bridgehead atoms. The first-order valence-electron chi connectivity index (χ1n) is 19.7. The molecule has 3 aromatic heterocycles. The lowest BCUT2D eigenvalue weighted by atomic mass is 9.66. The normalized spacial score (nSPS) is 14.6. The smallest absolute Gasteiger partial charge is 0.164 e. The number of para-hydroxylation sites is 2. The molecule has 266 valence electrons. The highest BCUT2D eigenvalue weighted by atomic mass is 16.3. The summed E-state index contributed by atoms with van der Waals surface area (Å²) in [4.78, 5) is 15.9. The number of benzene rings is 7. The van der Waals surface area contributed by atoms with Crippen molar-refractivity contribution in [1.82, 2.24) is 15.0 Å². The number of aromatic nitrogens is 3. The van der Waals surface area contributed by atoms with Crippen molar-refractivity contribution in [1.29, 1.82) is 0 Å². The van der Waals surface area contributed by atoms with Crippen LogP contribution in [0.25, 0.3) is 100 Å². The fraction of sp³-hybridized carbons (Fsp3) is 0.118. The Balaban J connectivity index is 1.09. The largest absolute Gasteiger partial charge is 0.456 e. The van der Waals surface area contributed by atoms with Gasteiger partial charge in [0.1, 0.15) is 22.3 Å². The summed E-state index contributed by atoms with van der Waals surface area (Å²) in [5.74, 6) is 1.80. The van der Waals surface area contributed by atoms with E-state index in [4.69, 9.17) is 23.8 Å². The zero-order valence-corrected chi connectivity index (χ0v) is 30.6. The monoisotopic (exact) mass is 721 g/mol. The van der Waals surface area contributed by atoms with Crippen molar-refractivity contribution in [3.63, 3.8) is 0 Å². The van der Waals surface area contributed by atoms with Crippen molar-refractivity contribution in [2.75, 3.05) is 0 Å². The standard InChI is InChI=1S/C51H35N3O2/c1-8-28-51(29-9-1)40-23-5-2-16-34(40)35-20-11-19-33(47(35)51)31-14-10-15-32(30-31)48-52-49(38-21-12-26-43-45(38)36-17-3-6-24-41(36)55-43)54-50(53-48)39-22-13-27-44-46(39)37-18-4-7-25-42(37)56-44/h2-7,10-27,30H,1,8-9,28-29H2. The summed E-state index contributed by atoms with van der Waals surface area (Å²) >= 11 is 0. The molecule has 7 aromatic carbocycles. The van der Waals surface area contributed by atoms with Gasteiger partial charge in [0.15, 0.2) is 17.5 Å². The molecule has 0 unspecified atom stereocenters. The van der Waals surface area contributed by atoms with Crippen LogP contribution < -0.4 is 0 Å². The molecule has 10 aromatic rings. The van der Waals surface area contributed by atoms with E-state index in [1.807, 2.05) is 60.7 Å². The van der Waals surface area contributed by atoms with Gasteiger partial charge in [-0.25, -0.2) is 15.0 Å². The van der Waals surface area contributed by atoms with Gasteiger partial charge < -0.3 is 8.83 Å². The molecule has 56 heavy (non-hydrogen) atoms. The Kier molecular flexibility index (Phi) is 6.79. The average molecular weight is 722 g/mol. The van der Waals surface area contributed by atoms with E-state index in [0.29, 0.717) is 17.5 Å². The molecule has 2 aliphatic carbocycles. The number of hydrogen-bond acceptors (Lipinski definition) is 5. The molecule has 0 radical (unpaired) electrons. The Morgan fingerprint density at radius 1 is 0.393 bits per heavy atom. The third-order valence-electron chi connectivity index (χ3n) is 12.3. The average Bonchev–Trinajstić information content (AvgIpc) is 3.92. The summed E-state index contributed by atoms with van der Waals surface area (Å²) in [7, 11) is 0. The first-order chi connectivity index (χ1) is 27.7. The summed E-state index contributed by atoms with van der Waals surface area (Å²) in [6.07, 6.45) is 6.14. The summed E-state index contributed by atoms with van der Waals surface area (Å²) in [6, 6.07) is 53.3. The molecule has 5 heteroatoms. The van der Waals surface area contributed by atoms with Crippen molar-refractivity contribution in [3.8, 4) is 56.4 Å². The molecule has 0 saturated heterocycles. The quantitative estimate of drug-likeness (QED) is 0.181. The fourth-order valence-electron chi connectivity index (χ4n) is 9.97. The molecule has 0 N–H and O–H groups in total. The van der Waals surface area contributed by atoms with Crippen LogP contribution in [0.5, 0.6) is 0 Å². The lowest BCUT2D eigenvalue weighted by Crippen LogP contribution is -2.28. The summed E-state index contributed by atoms with van der Waals surface area (Å²) in [5, 5.41) is 4.04. The van der Waals surface area contributed by atoms with Gasteiger partial charge in [-0.15, -0.1) is 0 Å². The zero-order chi connectivity index (χ0) is 36.8. The molecule has 3 heterocycles. The molecule has 1 spiro atoms. The molecule has 0 amide bonds. The van der Waals surface area contributed by atoms with E-state index in [-0.39, 0.29) is 5.41 Å². The Bertz CT molecular complexity index is 3070. The molecule has 1 fully saturated rings. The Morgan fingerprint density at radius 2 is 0.893 bits per heavy atom. The van der Waals surface area contributed by atoms with Crippen LogP contribution in [0.15, 0.2) is 160 Å². The molecule has 0 atom stereocenters. The van der Waals surface area contributed by atoms with Crippen molar-refractivity contribution in [2.45, 2.75) is 37.5 Å². The van der Waals surface area contributed by atoms with Crippen LogP contribution in [0.1, 0.15) is 43.2 Å². The van der Waals surface area contributed by atoms with Crippen molar-refractivity contribution in [2.24, 2.45) is 0 Å². The van der Waals surface area contributed by atoms with Crippen LogP contribution in [-0.4, -0.2) is 15.0 Å². The highest BCUT2D eigenvalue weighted by Gasteiger charge is 2.45. The van der Waals surface area contributed by atoms with Crippen LogP contribution >= 0.6 is 0 Å². The molecule has 12 rings (SSSR count). The first-order valence-corrected chi connectivity index (χ1v) is 19.7. The Hall–Kier alpha value is -6.85. The van der Waals surface area contributed by atoms with Crippen LogP contribution in [0.2, 0.25) is 0 Å². The summed E-state index contributed by atoms with van der Waals surface area (Å²) in [5.41, 5.74) is 14.2. The molecule has 0 aliphatic heterocycles. The minimum Gasteiger partial charge on any atom is -0.456 e.